The first-order valence-corrected chi connectivity index (χ1v) is 5.63. The summed E-state index contributed by atoms with van der Waals surface area (Å²) < 4.78 is 0.598. The van der Waals surface area contributed by atoms with Crippen LogP contribution in [-0.2, 0) is 0 Å². The molecule has 0 aliphatic heterocycles. The summed E-state index contributed by atoms with van der Waals surface area (Å²) in [5.41, 5.74) is 0.0291. The highest BCUT2D eigenvalue weighted by Crippen LogP contribution is 2.26. The van der Waals surface area contributed by atoms with Gasteiger partial charge in [-0.05, 0) is 21.3 Å². The molecule has 0 aromatic carbocycles. The number of hydrogen-bond acceptors (Lipinski definition) is 4. The Balaban J connectivity index is 2.91. The summed E-state index contributed by atoms with van der Waals surface area (Å²) in [6, 6.07) is 1.44. The predicted octanol–water partition coefficient (Wildman–Crippen LogP) is 3.21. The molecule has 1 heterocycles. The number of nitrogens with zero attached hydrogens (tertiary/aromatic N) is 2. The van der Waals surface area contributed by atoms with Crippen molar-refractivity contribution in [3.8, 4) is 0 Å². The molecule has 0 bridgehead atoms. The average Bonchev–Trinajstić information content (AvgIpc) is 2.14. The molecular formula is C10H14BrN3O2. The Kier molecular flexibility index (Phi) is 3.85. The lowest BCUT2D eigenvalue weighted by Gasteiger charge is -2.18. The highest BCUT2D eigenvalue weighted by Gasteiger charge is 2.18. The van der Waals surface area contributed by atoms with Gasteiger partial charge in [0.05, 0.1) is 4.92 Å². The van der Waals surface area contributed by atoms with Crippen LogP contribution in [0.25, 0.3) is 0 Å². The van der Waals surface area contributed by atoms with Crippen LogP contribution in [0.4, 0.5) is 11.5 Å². The maximum absolute atomic E-state index is 10.8. The lowest BCUT2D eigenvalue weighted by Crippen LogP contribution is -2.20. The predicted molar refractivity (Wildman–Crippen MR) is 66.5 cm³/mol. The SMILES string of the molecule is CC(C)(C)CNc1ncc(Br)cc1[N+](=O)[O-]. The zero-order valence-corrected chi connectivity index (χ0v) is 11.0. The van der Waals surface area contributed by atoms with E-state index in [0.717, 1.165) is 0 Å². The Morgan fingerprint density at radius 1 is 1.56 bits per heavy atom. The Morgan fingerprint density at radius 2 is 2.19 bits per heavy atom. The minimum absolute atomic E-state index is 0.0152. The molecule has 0 amide bonds. The van der Waals surface area contributed by atoms with E-state index in [1.54, 1.807) is 0 Å². The Hall–Kier alpha value is -1.17. The van der Waals surface area contributed by atoms with Crippen LogP contribution in [0.1, 0.15) is 20.8 Å². The van der Waals surface area contributed by atoms with Gasteiger partial charge in [0.25, 0.3) is 0 Å². The van der Waals surface area contributed by atoms with Gasteiger partial charge in [0.15, 0.2) is 0 Å². The van der Waals surface area contributed by atoms with E-state index in [2.05, 4.69) is 26.2 Å². The number of nitro groups is 1. The van der Waals surface area contributed by atoms with Crippen molar-refractivity contribution in [2.75, 3.05) is 11.9 Å². The van der Waals surface area contributed by atoms with Crippen LogP contribution in [-0.4, -0.2) is 16.5 Å². The first-order chi connectivity index (χ1) is 7.29. The summed E-state index contributed by atoms with van der Waals surface area (Å²) in [5, 5.41) is 13.8. The molecule has 0 aliphatic rings. The van der Waals surface area contributed by atoms with Crippen molar-refractivity contribution in [1.29, 1.82) is 0 Å². The number of halogens is 1. The van der Waals surface area contributed by atoms with E-state index in [1.807, 2.05) is 20.8 Å². The highest BCUT2D eigenvalue weighted by atomic mass is 79.9. The molecule has 0 aliphatic carbocycles. The Labute approximate surface area is 103 Å². The third kappa shape index (κ3) is 3.77. The summed E-state index contributed by atoms with van der Waals surface area (Å²) >= 11 is 3.16. The van der Waals surface area contributed by atoms with Gasteiger partial charge in [-0.2, -0.15) is 0 Å². The van der Waals surface area contributed by atoms with E-state index in [-0.39, 0.29) is 11.1 Å². The van der Waals surface area contributed by atoms with E-state index in [4.69, 9.17) is 0 Å². The van der Waals surface area contributed by atoms with Gasteiger partial charge >= 0.3 is 5.69 Å². The molecule has 88 valence electrons. The number of anilines is 1. The van der Waals surface area contributed by atoms with E-state index in [1.165, 1.54) is 12.3 Å². The number of nitrogens with one attached hydrogen (secondary N) is 1. The fourth-order valence-electron chi connectivity index (χ4n) is 1.05. The molecule has 1 aromatic heterocycles. The molecule has 0 unspecified atom stereocenters. The molecular weight excluding hydrogens is 274 g/mol. The van der Waals surface area contributed by atoms with Crippen LogP contribution < -0.4 is 5.32 Å². The van der Waals surface area contributed by atoms with Gasteiger partial charge in [-0.25, -0.2) is 4.98 Å². The van der Waals surface area contributed by atoms with Crippen molar-refractivity contribution in [2.45, 2.75) is 20.8 Å². The minimum atomic E-state index is -0.442. The Bertz CT molecular complexity index is 402. The van der Waals surface area contributed by atoms with Crippen LogP contribution in [0.5, 0.6) is 0 Å². The first kappa shape index (κ1) is 12.9. The van der Waals surface area contributed by atoms with Crippen molar-refractivity contribution in [1.82, 2.24) is 4.98 Å². The molecule has 6 heteroatoms. The van der Waals surface area contributed by atoms with Crippen LogP contribution in [0.2, 0.25) is 0 Å². The normalized spacial score (nSPS) is 11.2. The van der Waals surface area contributed by atoms with Gasteiger partial charge in [0, 0.05) is 23.3 Å². The quantitative estimate of drug-likeness (QED) is 0.685. The largest absolute Gasteiger partial charge is 0.364 e. The maximum Gasteiger partial charge on any atom is 0.312 e. The fraction of sp³-hybridized carbons (Fsp3) is 0.500. The summed E-state index contributed by atoms with van der Waals surface area (Å²) in [5.74, 6) is 0.308. The van der Waals surface area contributed by atoms with E-state index in [9.17, 15) is 10.1 Å². The average molecular weight is 288 g/mol. The summed E-state index contributed by atoms with van der Waals surface area (Å²) in [6.45, 7) is 6.77. The molecule has 0 atom stereocenters. The molecule has 0 radical (unpaired) electrons. The van der Waals surface area contributed by atoms with Crippen molar-refractivity contribution in [2.24, 2.45) is 5.41 Å². The third-order valence-electron chi connectivity index (χ3n) is 1.82. The number of rotatable bonds is 3. The molecule has 0 saturated carbocycles. The standard InChI is InChI=1S/C10H14BrN3O2/c1-10(2,3)6-13-9-8(14(15)16)4-7(11)5-12-9/h4-5H,6H2,1-3H3,(H,12,13). The maximum atomic E-state index is 10.8. The van der Waals surface area contributed by atoms with Crippen LogP contribution >= 0.6 is 15.9 Å². The van der Waals surface area contributed by atoms with Crippen molar-refractivity contribution < 1.29 is 4.92 Å². The van der Waals surface area contributed by atoms with Gasteiger partial charge in [-0.15, -0.1) is 0 Å². The third-order valence-corrected chi connectivity index (χ3v) is 2.25. The zero-order valence-electron chi connectivity index (χ0n) is 9.45. The first-order valence-electron chi connectivity index (χ1n) is 4.83. The van der Waals surface area contributed by atoms with Crippen LogP contribution in [0.15, 0.2) is 16.7 Å². The molecule has 0 saturated heterocycles. The Morgan fingerprint density at radius 3 is 2.69 bits per heavy atom. The molecule has 16 heavy (non-hydrogen) atoms. The van der Waals surface area contributed by atoms with Gasteiger partial charge < -0.3 is 5.32 Å². The second kappa shape index (κ2) is 4.78. The lowest BCUT2D eigenvalue weighted by molar-refractivity contribution is -0.384. The molecule has 1 aromatic rings. The van der Waals surface area contributed by atoms with E-state index < -0.39 is 4.92 Å². The topological polar surface area (TPSA) is 68.1 Å². The lowest BCUT2D eigenvalue weighted by atomic mass is 9.97. The van der Waals surface area contributed by atoms with Crippen molar-refractivity contribution in [3.63, 3.8) is 0 Å². The second-order valence-electron chi connectivity index (χ2n) is 4.69. The number of pyridine rings is 1. The smallest absolute Gasteiger partial charge is 0.312 e. The fourth-order valence-corrected chi connectivity index (χ4v) is 1.37. The van der Waals surface area contributed by atoms with Crippen LogP contribution in [0.3, 0.4) is 0 Å². The minimum Gasteiger partial charge on any atom is -0.364 e. The summed E-state index contributed by atoms with van der Waals surface area (Å²) in [4.78, 5) is 14.4. The van der Waals surface area contributed by atoms with Gasteiger partial charge in [0.2, 0.25) is 5.82 Å². The summed E-state index contributed by atoms with van der Waals surface area (Å²) in [7, 11) is 0. The van der Waals surface area contributed by atoms with E-state index >= 15 is 0 Å². The van der Waals surface area contributed by atoms with Crippen LogP contribution in [0, 0.1) is 15.5 Å². The zero-order chi connectivity index (χ0) is 12.3. The summed E-state index contributed by atoms with van der Waals surface area (Å²) in [6.07, 6.45) is 1.54. The van der Waals surface area contributed by atoms with Gasteiger partial charge in [-0.3, -0.25) is 10.1 Å². The highest BCUT2D eigenvalue weighted by molar-refractivity contribution is 9.10. The monoisotopic (exact) mass is 287 g/mol. The molecule has 0 spiro atoms. The molecule has 1 N–H and O–H groups in total. The number of aromatic nitrogens is 1. The molecule has 1 rings (SSSR count). The second-order valence-corrected chi connectivity index (χ2v) is 5.61. The van der Waals surface area contributed by atoms with E-state index in [0.29, 0.717) is 16.8 Å². The van der Waals surface area contributed by atoms with Gasteiger partial charge in [-0.1, -0.05) is 20.8 Å². The van der Waals surface area contributed by atoms with Gasteiger partial charge in [0.1, 0.15) is 0 Å². The van der Waals surface area contributed by atoms with Crippen molar-refractivity contribution >= 4 is 27.4 Å². The van der Waals surface area contributed by atoms with Crippen molar-refractivity contribution in [3.05, 3.63) is 26.9 Å². The number of hydrogen-bond donors (Lipinski definition) is 1. The molecule has 5 nitrogen and oxygen atoms in total. The molecule has 0 fully saturated rings.